The maximum Gasteiger partial charge on any atom is 0.265 e. The summed E-state index contributed by atoms with van der Waals surface area (Å²) in [7, 11) is 0. The molecule has 0 aliphatic heterocycles. The second-order valence-corrected chi connectivity index (χ2v) is 7.57. The number of carbonyl (C=O) groups excluding carboxylic acids is 1. The van der Waals surface area contributed by atoms with Crippen LogP contribution in [0.5, 0.6) is 0 Å². The minimum Gasteiger partial charge on any atom is -0.337 e. The fourth-order valence-corrected chi connectivity index (χ4v) is 4.31. The molecule has 0 bridgehead atoms. The fraction of sp³-hybridized carbons (Fsp3) is 0.500. The molecular weight excluding hydrogens is 338 g/mol. The Kier molecular flexibility index (Phi) is 6.95. The highest BCUT2D eigenvalue weighted by molar-refractivity contribution is 7.17. The lowest BCUT2D eigenvalue weighted by Gasteiger charge is -2.25. The summed E-state index contributed by atoms with van der Waals surface area (Å²) in [5, 5.41) is 13.9. The summed E-state index contributed by atoms with van der Waals surface area (Å²) >= 11 is 3.08. The van der Waals surface area contributed by atoms with Crippen LogP contribution in [0.4, 0.5) is 0 Å². The van der Waals surface area contributed by atoms with Crippen LogP contribution in [0.2, 0.25) is 0 Å². The van der Waals surface area contributed by atoms with Gasteiger partial charge in [-0.1, -0.05) is 26.7 Å². The Bertz CT molecular complexity index is 696. The van der Waals surface area contributed by atoms with Gasteiger partial charge in [0.1, 0.15) is 9.88 Å². The molecule has 0 unspecified atom stereocenters. The number of nitrogens with zero attached hydrogens (tertiary/aromatic N) is 3. The van der Waals surface area contributed by atoms with E-state index in [4.69, 9.17) is 5.26 Å². The second kappa shape index (κ2) is 8.95. The van der Waals surface area contributed by atoms with Crippen molar-refractivity contribution in [2.45, 2.75) is 40.0 Å². The Morgan fingerprint density at radius 3 is 2.75 bits per heavy atom. The SMILES string of the molecule is CCC(CC)CN(CCC#N)C(=O)c1sc(-c2ccsc2)nc1C. The van der Waals surface area contributed by atoms with Gasteiger partial charge < -0.3 is 4.90 Å². The number of aromatic nitrogens is 1. The quantitative estimate of drug-likeness (QED) is 0.667. The van der Waals surface area contributed by atoms with Crippen LogP contribution in [0.1, 0.15) is 48.5 Å². The van der Waals surface area contributed by atoms with E-state index in [1.807, 2.05) is 28.7 Å². The van der Waals surface area contributed by atoms with Crippen LogP contribution in [-0.4, -0.2) is 28.9 Å². The van der Waals surface area contributed by atoms with Gasteiger partial charge in [0, 0.05) is 24.0 Å². The van der Waals surface area contributed by atoms with Crippen molar-refractivity contribution in [3.05, 3.63) is 27.4 Å². The van der Waals surface area contributed by atoms with E-state index in [0.29, 0.717) is 30.3 Å². The summed E-state index contributed by atoms with van der Waals surface area (Å²) < 4.78 is 0. The van der Waals surface area contributed by atoms with Crippen molar-refractivity contribution in [3.63, 3.8) is 0 Å². The highest BCUT2D eigenvalue weighted by atomic mass is 32.1. The molecule has 0 aliphatic carbocycles. The molecule has 0 atom stereocenters. The average Bonchev–Trinajstić information content (AvgIpc) is 3.24. The number of hydrogen-bond donors (Lipinski definition) is 0. The Labute approximate surface area is 151 Å². The van der Waals surface area contributed by atoms with Crippen molar-refractivity contribution >= 4 is 28.6 Å². The molecule has 0 saturated heterocycles. The number of thiophene rings is 1. The monoisotopic (exact) mass is 361 g/mol. The maximum atomic E-state index is 13.0. The molecule has 6 heteroatoms. The average molecular weight is 362 g/mol. The number of carbonyl (C=O) groups is 1. The Hall–Kier alpha value is -1.71. The van der Waals surface area contributed by atoms with Crippen molar-refractivity contribution in [2.75, 3.05) is 13.1 Å². The van der Waals surface area contributed by atoms with Crippen LogP contribution in [0.3, 0.4) is 0 Å². The standard InChI is InChI=1S/C18H23N3OS2/c1-4-14(5-2)11-21(9-6-8-19)18(22)16-13(3)20-17(24-16)15-7-10-23-12-15/h7,10,12,14H,4-6,9,11H2,1-3H3. The minimum atomic E-state index is 0.00799. The van der Waals surface area contributed by atoms with Gasteiger partial charge in [-0.25, -0.2) is 4.98 Å². The normalized spacial score (nSPS) is 10.8. The number of aryl methyl sites for hydroxylation is 1. The van der Waals surface area contributed by atoms with Crippen molar-refractivity contribution in [1.29, 1.82) is 5.26 Å². The molecule has 2 heterocycles. The van der Waals surface area contributed by atoms with Crippen LogP contribution in [0.15, 0.2) is 16.8 Å². The number of rotatable bonds is 8. The molecule has 2 rings (SSSR count). The third kappa shape index (κ3) is 4.43. The fourth-order valence-electron chi connectivity index (χ4n) is 2.57. The zero-order valence-corrected chi connectivity index (χ0v) is 16.0. The highest BCUT2D eigenvalue weighted by Gasteiger charge is 2.23. The van der Waals surface area contributed by atoms with Crippen molar-refractivity contribution in [1.82, 2.24) is 9.88 Å². The van der Waals surface area contributed by atoms with Gasteiger partial charge in [0.15, 0.2) is 0 Å². The van der Waals surface area contributed by atoms with Gasteiger partial charge in [0.25, 0.3) is 5.91 Å². The molecule has 0 radical (unpaired) electrons. The van der Waals surface area contributed by atoms with Gasteiger partial charge in [0.05, 0.1) is 18.2 Å². The van der Waals surface area contributed by atoms with Crippen LogP contribution in [0, 0.1) is 24.2 Å². The number of amides is 1. The molecule has 24 heavy (non-hydrogen) atoms. The molecule has 0 aliphatic rings. The topological polar surface area (TPSA) is 57.0 Å². The first-order chi connectivity index (χ1) is 11.6. The third-order valence-corrected chi connectivity index (χ3v) is 6.05. The van der Waals surface area contributed by atoms with Gasteiger partial charge in [-0.15, -0.1) is 11.3 Å². The van der Waals surface area contributed by atoms with Crippen molar-refractivity contribution in [3.8, 4) is 16.6 Å². The third-order valence-electron chi connectivity index (χ3n) is 4.17. The van der Waals surface area contributed by atoms with Crippen LogP contribution < -0.4 is 0 Å². The maximum absolute atomic E-state index is 13.0. The molecule has 0 fully saturated rings. The summed E-state index contributed by atoms with van der Waals surface area (Å²) in [6, 6.07) is 4.17. The van der Waals surface area contributed by atoms with Crippen molar-refractivity contribution in [2.24, 2.45) is 5.92 Å². The predicted octanol–water partition coefficient (Wildman–Crippen LogP) is 4.97. The summed E-state index contributed by atoms with van der Waals surface area (Å²) in [5.41, 5.74) is 1.84. The van der Waals surface area contributed by atoms with E-state index in [1.54, 1.807) is 11.3 Å². The summed E-state index contributed by atoms with van der Waals surface area (Å²) in [6.45, 7) is 7.37. The lowest BCUT2D eigenvalue weighted by molar-refractivity contribution is 0.0733. The number of thiazole rings is 1. The van der Waals surface area contributed by atoms with Crippen LogP contribution >= 0.6 is 22.7 Å². The van der Waals surface area contributed by atoms with Gasteiger partial charge in [-0.2, -0.15) is 16.6 Å². The van der Waals surface area contributed by atoms with Gasteiger partial charge in [0.2, 0.25) is 0 Å². The predicted molar refractivity (Wildman–Crippen MR) is 100 cm³/mol. The highest BCUT2D eigenvalue weighted by Crippen LogP contribution is 2.30. The minimum absolute atomic E-state index is 0.00799. The molecule has 0 spiro atoms. The lowest BCUT2D eigenvalue weighted by atomic mass is 10.0. The lowest BCUT2D eigenvalue weighted by Crippen LogP contribution is -2.36. The first kappa shape index (κ1) is 18.6. The smallest absolute Gasteiger partial charge is 0.265 e. The Morgan fingerprint density at radius 1 is 1.42 bits per heavy atom. The Balaban J connectivity index is 2.23. The van der Waals surface area contributed by atoms with E-state index < -0.39 is 0 Å². The zero-order valence-electron chi connectivity index (χ0n) is 14.4. The molecule has 2 aromatic heterocycles. The molecule has 2 aromatic rings. The summed E-state index contributed by atoms with van der Waals surface area (Å²) in [6.07, 6.45) is 2.43. The number of hydrogen-bond acceptors (Lipinski definition) is 5. The molecule has 0 aromatic carbocycles. The molecule has 4 nitrogen and oxygen atoms in total. The largest absolute Gasteiger partial charge is 0.337 e. The van der Waals surface area contributed by atoms with Gasteiger partial charge in [-0.05, 0) is 24.3 Å². The van der Waals surface area contributed by atoms with Crippen LogP contribution in [-0.2, 0) is 0 Å². The van der Waals surface area contributed by atoms with Crippen LogP contribution in [0.25, 0.3) is 10.6 Å². The van der Waals surface area contributed by atoms with E-state index in [2.05, 4.69) is 24.9 Å². The molecule has 1 amide bonds. The van der Waals surface area contributed by atoms with E-state index in [9.17, 15) is 4.79 Å². The first-order valence-electron chi connectivity index (χ1n) is 8.26. The molecule has 0 N–H and O–H groups in total. The van der Waals surface area contributed by atoms with Gasteiger partial charge in [-0.3, -0.25) is 4.79 Å². The van der Waals surface area contributed by atoms with E-state index in [0.717, 1.165) is 29.1 Å². The Morgan fingerprint density at radius 2 is 2.17 bits per heavy atom. The molecule has 0 saturated carbocycles. The van der Waals surface area contributed by atoms with E-state index in [-0.39, 0.29) is 5.91 Å². The molecule has 128 valence electrons. The van der Waals surface area contributed by atoms with E-state index >= 15 is 0 Å². The number of nitriles is 1. The van der Waals surface area contributed by atoms with Gasteiger partial charge >= 0.3 is 0 Å². The second-order valence-electron chi connectivity index (χ2n) is 5.79. The zero-order chi connectivity index (χ0) is 17.5. The van der Waals surface area contributed by atoms with E-state index in [1.165, 1.54) is 11.3 Å². The van der Waals surface area contributed by atoms with Crippen molar-refractivity contribution < 1.29 is 4.79 Å². The summed E-state index contributed by atoms with van der Waals surface area (Å²) in [4.78, 5) is 20.1. The summed E-state index contributed by atoms with van der Waals surface area (Å²) in [5.74, 6) is 0.478. The first-order valence-corrected chi connectivity index (χ1v) is 10.0. The molecular formula is C18H23N3OS2.